The molecule has 2 heterocycles. The van der Waals surface area contributed by atoms with Crippen molar-refractivity contribution in [3.63, 3.8) is 0 Å². The third kappa shape index (κ3) is 2.98. The molecule has 1 aliphatic heterocycles. The van der Waals surface area contributed by atoms with E-state index in [0.717, 1.165) is 35.5 Å². The number of benzene rings is 1. The number of aromatic nitrogens is 1. The standard InChI is InChI=1S/C18H20N2O2S/c21-17-20(13-18(22-17)7-2-1-3-8-18)12-14-5-4-6-15(11-14)16-19-9-10-23-16/h4-6,9-11H,1-3,7-8,12-13H2. The molecule has 2 aromatic rings. The van der Waals surface area contributed by atoms with Crippen molar-refractivity contribution in [3.05, 3.63) is 41.4 Å². The molecular weight excluding hydrogens is 308 g/mol. The second-order valence-corrected chi connectivity index (χ2v) is 7.40. The molecule has 1 aliphatic carbocycles. The quantitative estimate of drug-likeness (QED) is 0.835. The Hall–Kier alpha value is -1.88. The minimum atomic E-state index is -0.220. The van der Waals surface area contributed by atoms with E-state index in [1.165, 1.54) is 19.3 Å². The molecule has 1 saturated heterocycles. The van der Waals surface area contributed by atoms with Crippen LogP contribution in [-0.2, 0) is 11.3 Å². The highest BCUT2D eigenvalue weighted by atomic mass is 32.1. The van der Waals surface area contributed by atoms with Gasteiger partial charge in [-0.25, -0.2) is 9.78 Å². The average molecular weight is 328 g/mol. The first-order valence-electron chi connectivity index (χ1n) is 8.21. The molecule has 4 rings (SSSR count). The molecule has 0 N–H and O–H groups in total. The SMILES string of the molecule is O=C1OC2(CCCCC2)CN1Cc1cccc(-c2nccs2)c1. The lowest BCUT2D eigenvalue weighted by atomic mass is 9.85. The fourth-order valence-corrected chi connectivity index (χ4v) is 4.30. The maximum atomic E-state index is 12.3. The summed E-state index contributed by atoms with van der Waals surface area (Å²) in [6.07, 6.45) is 7.27. The van der Waals surface area contributed by atoms with Crippen LogP contribution in [-0.4, -0.2) is 28.1 Å². The Bertz CT molecular complexity index is 693. The van der Waals surface area contributed by atoms with E-state index in [1.807, 2.05) is 22.5 Å². The van der Waals surface area contributed by atoms with E-state index in [4.69, 9.17) is 4.74 Å². The average Bonchev–Trinajstić information content (AvgIpc) is 3.18. The van der Waals surface area contributed by atoms with Crippen molar-refractivity contribution in [2.24, 2.45) is 0 Å². The molecule has 1 saturated carbocycles. The summed E-state index contributed by atoms with van der Waals surface area (Å²) >= 11 is 1.63. The van der Waals surface area contributed by atoms with Crippen molar-refractivity contribution in [3.8, 4) is 10.6 Å². The second-order valence-electron chi connectivity index (χ2n) is 6.51. The van der Waals surface area contributed by atoms with Gasteiger partial charge in [-0.15, -0.1) is 11.3 Å². The summed E-state index contributed by atoms with van der Waals surface area (Å²) < 4.78 is 5.75. The molecule has 0 unspecified atom stereocenters. The van der Waals surface area contributed by atoms with E-state index in [1.54, 1.807) is 11.3 Å². The van der Waals surface area contributed by atoms with Gasteiger partial charge in [-0.3, -0.25) is 4.90 Å². The fraction of sp³-hybridized carbons (Fsp3) is 0.444. The first-order valence-corrected chi connectivity index (χ1v) is 9.09. The van der Waals surface area contributed by atoms with Crippen molar-refractivity contribution < 1.29 is 9.53 Å². The molecule has 5 heteroatoms. The Labute approximate surface area is 140 Å². The molecule has 2 fully saturated rings. The largest absolute Gasteiger partial charge is 0.441 e. The monoisotopic (exact) mass is 328 g/mol. The van der Waals surface area contributed by atoms with Crippen LogP contribution in [0, 0.1) is 0 Å². The van der Waals surface area contributed by atoms with Crippen molar-refractivity contribution in [1.82, 2.24) is 9.88 Å². The van der Waals surface area contributed by atoms with Gasteiger partial charge in [0.1, 0.15) is 10.6 Å². The van der Waals surface area contributed by atoms with Gasteiger partial charge < -0.3 is 4.74 Å². The number of nitrogens with zero attached hydrogens (tertiary/aromatic N) is 2. The topological polar surface area (TPSA) is 42.4 Å². The zero-order valence-corrected chi connectivity index (χ0v) is 13.8. The Kier molecular flexibility index (Phi) is 3.81. The minimum Gasteiger partial charge on any atom is -0.441 e. The molecule has 1 aromatic heterocycles. The summed E-state index contributed by atoms with van der Waals surface area (Å²) in [5.74, 6) is 0. The van der Waals surface area contributed by atoms with E-state index < -0.39 is 0 Å². The van der Waals surface area contributed by atoms with Gasteiger partial charge in [0.15, 0.2) is 0 Å². The predicted octanol–water partition coefficient (Wildman–Crippen LogP) is 4.47. The smallest absolute Gasteiger partial charge is 0.410 e. The van der Waals surface area contributed by atoms with Gasteiger partial charge in [0, 0.05) is 23.7 Å². The third-order valence-corrected chi connectivity index (χ3v) is 5.61. The van der Waals surface area contributed by atoms with Crippen LogP contribution in [0.3, 0.4) is 0 Å². The van der Waals surface area contributed by atoms with Gasteiger partial charge in [0.25, 0.3) is 0 Å². The number of hydrogen-bond donors (Lipinski definition) is 0. The van der Waals surface area contributed by atoms with E-state index in [0.29, 0.717) is 6.54 Å². The number of rotatable bonds is 3. The van der Waals surface area contributed by atoms with Crippen molar-refractivity contribution in [2.45, 2.75) is 44.2 Å². The first kappa shape index (κ1) is 14.7. The van der Waals surface area contributed by atoms with Crippen molar-refractivity contribution >= 4 is 17.4 Å². The molecule has 4 nitrogen and oxygen atoms in total. The number of thiazole rings is 1. The van der Waals surface area contributed by atoms with Gasteiger partial charge in [-0.05, 0) is 37.3 Å². The second kappa shape index (κ2) is 5.96. The van der Waals surface area contributed by atoms with Gasteiger partial charge in [0.05, 0.1) is 6.54 Å². The van der Waals surface area contributed by atoms with Crippen molar-refractivity contribution in [2.75, 3.05) is 6.54 Å². The van der Waals surface area contributed by atoms with Crippen LogP contribution in [0.5, 0.6) is 0 Å². The molecule has 1 aromatic carbocycles. The van der Waals surface area contributed by atoms with Gasteiger partial charge in [0.2, 0.25) is 0 Å². The van der Waals surface area contributed by atoms with E-state index >= 15 is 0 Å². The van der Waals surface area contributed by atoms with Crippen LogP contribution in [0.25, 0.3) is 10.6 Å². The summed E-state index contributed by atoms with van der Waals surface area (Å²) in [6, 6.07) is 8.28. The number of carbonyl (C=O) groups is 1. The van der Waals surface area contributed by atoms with Crippen LogP contribution in [0.4, 0.5) is 4.79 Å². The summed E-state index contributed by atoms with van der Waals surface area (Å²) in [5.41, 5.74) is 2.02. The summed E-state index contributed by atoms with van der Waals surface area (Å²) in [5, 5.41) is 2.99. The molecule has 0 radical (unpaired) electrons. The number of amides is 1. The van der Waals surface area contributed by atoms with Crippen molar-refractivity contribution in [1.29, 1.82) is 0 Å². The molecular formula is C18H20N2O2S. The van der Waals surface area contributed by atoms with E-state index in [2.05, 4.69) is 23.2 Å². The molecule has 2 aliphatic rings. The van der Waals surface area contributed by atoms with Crippen LogP contribution >= 0.6 is 11.3 Å². The molecule has 23 heavy (non-hydrogen) atoms. The molecule has 1 amide bonds. The zero-order chi connectivity index (χ0) is 15.7. The Balaban J connectivity index is 1.50. The first-order chi connectivity index (χ1) is 11.2. The summed E-state index contributed by atoms with van der Waals surface area (Å²) in [6.45, 7) is 1.34. The number of hydrogen-bond acceptors (Lipinski definition) is 4. The van der Waals surface area contributed by atoms with Crippen LogP contribution < -0.4 is 0 Å². The zero-order valence-electron chi connectivity index (χ0n) is 13.0. The number of ether oxygens (including phenoxy) is 1. The Morgan fingerprint density at radius 1 is 1.26 bits per heavy atom. The van der Waals surface area contributed by atoms with Crippen LogP contribution in [0.2, 0.25) is 0 Å². The Morgan fingerprint density at radius 2 is 2.13 bits per heavy atom. The summed E-state index contributed by atoms with van der Waals surface area (Å²) in [7, 11) is 0. The van der Waals surface area contributed by atoms with E-state index in [9.17, 15) is 4.79 Å². The maximum absolute atomic E-state index is 12.3. The van der Waals surface area contributed by atoms with Gasteiger partial charge in [-0.1, -0.05) is 24.6 Å². The lowest BCUT2D eigenvalue weighted by molar-refractivity contribution is 0.0260. The molecule has 1 spiro atoms. The van der Waals surface area contributed by atoms with Crippen LogP contribution in [0.1, 0.15) is 37.7 Å². The predicted molar refractivity (Wildman–Crippen MR) is 90.3 cm³/mol. The summed E-state index contributed by atoms with van der Waals surface area (Å²) in [4.78, 5) is 18.5. The fourth-order valence-electron chi connectivity index (χ4n) is 3.66. The number of carbonyl (C=O) groups excluding carboxylic acids is 1. The van der Waals surface area contributed by atoms with Gasteiger partial charge in [-0.2, -0.15) is 0 Å². The van der Waals surface area contributed by atoms with Gasteiger partial charge >= 0.3 is 6.09 Å². The lowest BCUT2D eigenvalue weighted by Crippen LogP contribution is -2.36. The highest BCUT2D eigenvalue weighted by molar-refractivity contribution is 7.13. The highest BCUT2D eigenvalue weighted by Crippen LogP contribution is 2.37. The normalized spacial score (nSPS) is 20.0. The lowest BCUT2D eigenvalue weighted by Gasteiger charge is -2.30. The molecule has 0 atom stereocenters. The highest BCUT2D eigenvalue weighted by Gasteiger charge is 2.45. The molecule has 0 bridgehead atoms. The minimum absolute atomic E-state index is 0.161. The van der Waals surface area contributed by atoms with Crippen LogP contribution in [0.15, 0.2) is 35.8 Å². The third-order valence-electron chi connectivity index (χ3n) is 4.79. The maximum Gasteiger partial charge on any atom is 0.410 e. The van der Waals surface area contributed by atoms with E-state index in [-0.39, 0.29) is 11.7 Å². The Morgan fingerprint density at radius 3 is 2.91 bits per heavy atom. The molecule has 120 valence electrons.